The minimum Gasteiger partial charge on any atom is -0.469 e. The molecule has 2 rings (SSSR count). The highest BCUT2D eigenvalue weighted by atomic mass is 16.5. The summed E-state index contributed by atoms with van der Waals surface area (Å²) in [6, 6.07) is -0.435. The molecular formula is C16H24N4O5. The molecule has 25 heavy (non-hydrogen) atoms. The van der Waals surface area contributed by atoms with Gasteiger partial charge in [0.05, 0.1) is 26.1 Å². The van der Waals surface area contributed by atoms with E-state index in [1.807, 2.05) is 0 Å². The maximum absolute atomic E-state index is 12.3. The number of carbonyl (C=O) groups excluding carboxylic acids is 4. The summed E-state index contributed by atoms with van der Waals surface area (Å²) in [7, 11) is 1.26. The van der Waals surface area contributed by atoms with E-state index in [1.54, 1.807) is 6.08 Å². The first-order chi connectivity index (χ1) is 12.0. The normalized spacial score (nSPS) is 26.2. The van der Waals surface area contributed by atoms with E-state index >= 15 is 0 Å². The van der Waals surface area contributed by atoms with Gasteiger partial charge >= 0.3 is 12.0 Å². The lowest BCUT2D eigenvalue weighted by Crippen LogP contribution is -2.58. The largest absolute Gasteiger partial charge is 0.469 e. The molecule has 0 radical (unpaired) electrons. The van der Waals surface area contributed by atoms with Gasteiger partial charge in [-0.25, -0.2) is 19.6 Å². The lowest BCUT2D eigenvalue weighted by atomic mass is 9.81. The van der Waals surface area contributed by atoms with E-state index in [0.717, 1.165) is 30.7 Å². The van der Waals surface area contributed by atoms with Gasteiger partial charge in [0.25, 0.3) is 0 Å². The molecule has 3 atom stereocenters. The SMILES string of the molecule is COC(=O)C1CC(=O)NN(C(=O)NCC2CCCC(CN=C=O)C2)C1. The van der Waals surface area contributed by atoms with Crippen LogP contribution < -0.4 is 10.7 Å². The Balaban J connectivity index is 1.81. The molecule has 1 saturated heterocycles. The minimum atomic E-state index is -0.648. The van der Waals surface area contributed by atoms with Crippen molar-refractivity contribution in [3.05, 3.63) is 0 Å². The van der Waals surface area contributed by atoms with Gasteiger partial charge in [-0.3, -0.25) is 15.0 Å². The van der Waals surface area contributed by atoms with Gasteiger partial charge in [-0.1, -0.05) is 6.42 Å². The molecular weight excluding hydrogens is 328 g/mol. The average molecular weight is 352 g/mol. The number of methoxy groups -OCH3 is 1. The maximum Gasteiger partial charge on any atom is 0.336 e. The molecule has 0 spiro atoms. The number of amides is 3. The zero-order valence-electron chi connectivity index (χ0n) is 14.3. The molecule has 0 aromatic heterocycles. The number of rotatable bonds is 5. The standard InChI is InChI=1S/C16H24N4O5/c1-25-15(23)13-6-14(22)19-20(9-13)16(24)18-8-12-4-2-3-11(5-12)7-17-10-21/h11-13H,2-9H2,1H3,(H,18,24)(H,19,22). The first kappa shape index (κ1) is 18.9. The van der Waals surface area contributed by atoms with Crippen LogP contribution in [0.1, 0.15) is 32.1 Å². The summed E-state index contributed by atoms with van der Waals surface area (Å²) in [6.45, 7) is 1.05. The Kier molecular flexibility index (Phi) is 6.94. The fourth-order valence-electron chi connectivity index (χ4n) is 3.46. The maximum atomic E-state index is 12.3. The highest BCUT2D eigenvalue weighted by Crippen LogP contribution is 2.28. The van der Waals surface area contributed by atoms with Crippen molar-refractivity contribution >= 4 is 24.0 Å². The van der Waals surface area contributed by atoms with Crippen LogP contribution in [0.5, 0.6) is 0 Å². The molecule has 2 N–H and O–H groups in total. The van der Waals surface area contributed by atoms with Crippen molar-refractivity contribution in [2.24, 2.45) is 22.7 Å². The fourth-order valence-corrected chi connectivity index (χ4v) is 3.46. The number of carbonyl (C=O) groups is 3. The molecule has 138 valence electrons. The van der Waals surface area contributed by atoms with Gasteiger partial charge < -0.3 is 10.1 Å². The highest BCUT2D eigenvalue weighted by Gasteiger charge is 2.33. The molecule has 1 heterocycles. The molecule has 3 amide bonds. The van der Waals surface area contributed by atoms with Crippen molar-refractivity contribution in [3.8, 4) is 0 Å². The van der Waals surface area contributed by atoms with Crippen LogP contribution in [0.15, 0.2) is 4.99 Å². The number of ether oxygens (including phenoxy) is 1. The molecule has 9 heteroatoms. The summed E-state index contributed by atoms with van der Waals surface area (Å²) in [6.07, 6.45) is 5.53. The third-order valence-electron chi connectivity index (χ3n) is 4.72. The van der Waals surface area contributed by atoms with Crippen molar-refractivity contribution in [1.29, 1.82) is 0 Å². The molecule has 0 bridgehead atoms. The molecule has 1 aliphatic heterocycles. The van der Waals surface area contributed by atoms with Crippen molar-refractivity contribution in [2.45, 2.75) is 32.1 Å². The van der Waals surface area contributed by atoms with Crippen LogP contribution in [0.4, 0.5) is 4.79 Å². The van der Waals surface area contributed by atoms with Crippen LogP contribution >= 0.6 is 0 Å². The van der Waals surface area contributed by atoms with E-state index < -0.39 is 17.9 Å². The van der Waals surface area contributed by atoms with Crippen molar-refractivity contribution in [1.82, 2.24) is 15.8 Å². The Morgan fingerprint density at radius 3 is 2.88 bits per heavy atom. The van der Waals surface area contributed by atoms with Gasteiger partial charge in [0.15, 0.2) is 0 Å². The second-order valence-corrected chi connectivity index (χ2v) is 6.59. The van der Waals surface area contributed by atoms with E-state index in [0.29, 0.717) is 24.9 Å². The zero-order valence-corrected chi connectivity index (χ0v) is 14.3. The fraction of sp³-hybridized carbons (Fsp3) is 0.750. The van der Waals surface area contributed by atoms with Gasteiger partial charge in [-0.15, -0.1) is 0 Å². The van der Waals surface area contributed by atoms with Crippen LogP contribution in [-0.2, 0) is 19.1 Å². The number of nitrogens with one attached hydrogen (secondary N) is 2. The second-order valence-electron chi connectivity index (χ2n) is 6.59. The Morgan fingerprint density at radius 2 is 2.16 bits per heavy atom. The van der Waals surface area contributed by atoms with E-state index in [-0.39, 0.29) is 18.9 Å². The third kappa shape index (κ3) is 5.56. The van der Waals surface area contributed by atoms with E-state index in [4.69, 9.17) is 0 Å². The lowest BCUT2D eigenvalue weighted by Gasteiger charge is -2.32. The summed E-state index contributed by atoms with van der Waals surface area (Å²) in [5.74, 6) is -0.888. The number of urea groups is 1. The van der Waals surface area contributed by atoms with E-state index in [9.17, 15) is 19.2 Å². The number of isocyanates is 1. The van der Waals surface area contributed by atoms with Gasteiger partial charge in [-0.05, 0) is 31.1 Å². The molecule has 3 unspecified atom stereocenters. The predicted octanol–water partition coefficient (Wildman–Crippen LogP) is 0.364. The van der Waals surface area contributed by atoms with Crippen LogP contribution in [-0.4, -0.2) is 55.7 Å². The number of hydrazine groups is 1. The molecule has 0 aromatic carbocycles. The Hall–Kier alpha value is -2.41. The molecule has 2 aliphatic rings. The Bertz CT molecular complexity index is 561. The topological polar surface area (TPSA) is 117 Å². The quantitative estimate of drug-likeness (QED) is 0.421. The number of hydrogen-bond donors (Lipinski definition) is 2. The first-order valence-corrected chi connectivity index (χ1v) is 8.49. The highest BCUT2D eigenvalue weighted by molar-refractivity contribution is 5.87. The van der Waals surface area contributed by atoms with Crippen LogP contribution in [0, 0.1) is 17.8 Å². The minimum absolute atomic E-state index is 0.0119. The number of aliphatic imine (C=N–C) groups is 1. The summed E-state index contributed by atoms with van der Waals surface area (Å²) in [4.78, 5) is 49.4. The molecule has 0 aromatic rings. The summed E-state index contributed by atoms with van der Waals surface area (Å²) in [5, 5.41) is 3.94. The zero-order chi connectivity index (χ0) is 18.2. The summed E-state index contributed by atoms with van der Waals surface area (Å²) < 4.78 is 4.65. The average Bonchev–Trinajstić information content (AvgIpc) is 2.63. The summed E-state index contributed by atoms with van der Waals surface area (Å²) >= 11 is 0. The smallest absolute Gasteiger partial charge is 0.336 e. The van der Waals surface area contributed by atoms with Gasteiger partial charge in [-0.2, -0.15) is 0 Å². The number of esters is 1. The van der Waals surface area contributed by atoms with Crippen LogP contribution in [0.2, 0.25) is 0 Å². The Labute approximate surface area is 146 Å². The molecule has 1 aliphatic carbocycles. The monoisotopic (exact) mass is 352 g/mol. The number of hydrogen-bond acceptors (Lipinski definition) is 6. The summed E-state index contributed by atoms with van der Waals surface area (Å²) in [5.41, 5.74) is 2.47. The lowest BCUT2D eigenvalue weighted by molar-refractivity contribution is -0.151. The first-order valence-electron chi connectivity index (χ1n) is 8.49. The van der Waals surface area contributed by atoms with Crippen LogP contribution in [0.25, 0.3) is 0 Å². The third-order valence-corrected chi connectivity index (χ3v) is 4.72. The van der Waals surface area contributed by atoms with E-state index in [1.165, 1.54) is 7.11 Å². The van der Waals surface area contributed by atoms with Crippen LogP contribution in [0.3, 0.4) is 0 Å². The molecule has 9 nitrogen and oxygen atoms in total. The predicted molar refractivity (Wildman–Crippen MR) is 86.8 cm³/mol. The number of nitrogens with zero attached hydrogens (tertiary/aromatic N) is 2. The van der Waals surface area contributed by atoms with Crippen molar-refractivity contribution in [3.63, 3.8) is 0 Å². The second kappa shape index (κ2) is 9.17. The molecule has 1 saturated carbocycles. The molecule has 2 fully saturated rings. The van der Waals surface area contributed by atoms with Crippen molar-refractivity contribution in [2.75, 3.05) is 26.7 Å². The Morgan fingerprint density at radius 1 is 1.40 bits per heavy atom. The van der Waals surface area contributed by atoms with Crippen molar-refractivity contribution < 1.29 is 23.9 Å². The van der Waals surface area contributed by atoms with Gasteiger partial charge in [0.2, 0.25) is 12.0 Å². The van der Waals surface area contributed by atoms with Gasteiger partial charge in [0, 0.05) is 13.0 Å². The van der Waals surface area contributed by atoms with E-state index in [2.05, 4.69) is 20.5 Å². The van der Waals surface area contributed by atoms with Gasteiger partial charge in [0.1, 0.15) is 0 Å².